The number of hydrogen-bond acceptors (Lipinski definition) is 1. The first-order valence-corrected chi connectivity index (χ1v) is 4.61. The highest BCUT2D eigenvalue weighted by molar-refractivity contribution is 6.31. The van der Waals surface area contributed by atoms with Gasteiger partial charge in [0.2, 0.25) is 0 Å². The highest BCUT2D eigenvalue weighted by atomic mass is 28.2. The molecule has 1 aromatic rings. The highest BCUT2D eigenvalue weighted by Gasteiger charge is 2.29. The summed E-state index contributed by atoms with van der Waals surface area (Å²) >= 11 is 0. The molecule has 66 valence electrons. The molecule has 0 aliphatic carbocycles. The molecule has 0 spiro atoms. The maximum absolute atomic E-state index is 11.7. The minimum absolute atomic E-state index is 0.293. The van der Waals surface area contributed by atoms with Crippen molar-refractivity contribution in [2.45, 2.75) is 5.80 Å². The van der Waals surface area contributed by atoms with Crippen LogP contribution in [0.3, 0.4) is 0 Å². The fourth-order valence-corrected chi connectivity index (χ4v) is 1.20. The zero-order chi connectivity index (χ0) is 9.03. The number of para-hydroxylation sites is 1. The van der Waals surface area contributed by atoms with E-state index in [9.17, 15) is 13.2 Å². The molecule has 0 fully saturated rings. The van der Waals surface area contributed by atoms with Gasteiger partial charge in [0.05, 0.1) is 0 Å². The third kappa shape index (κ3) is 3.43. The Kier molecular flexibility index (Phi) is 2.75. The lowest BCUT2D eigenvalue weighted by Gasteiger charge is -2.07. The summed E-state index contributed by atoms with van der Waals surface area (Å²) in [5.41, 5.74) is 0. The van der Waals surface area contributed by atoms with Crippen LogP contribution in [0.2, 0.25) is 0 Å². The molecule has 1 nitrogen and oxygen atoms in total. The predicted molar refractivity (Wildman–Crippen MR) is 41.7 cm³/mol. The van der Waals surface area contributed by atoms with Gasteiger partial charge in [-0.1, -0.05) is 18.2 Å². The lowest BCUT2D eigenvalue weighted by atomic mass is 10.3. The first-order chi connectivity index (χ1) is 5.58. The monoisotopic (exact) mass is 192 g/mol. The molecular weight excluding hydrogens is 185 g/mol. The van der Waals surface area contributed by atoms with Gasteiger partial charge in [0.25, 0.3) is 0 Å². The molecule has 0 aliphatic rings. The minimum Gasteiger partial charge on any atom is -0.539 e. The van der Waals surface area contributed by atoms with Crippen LogP contribution in [0.25, 0.3) is 0 Å². The predicted octanol–water partition coefficient (Wildman–Crippen LogP) is 1.67. The minimum atomic E-state index is -4.13. The second-order valence-electron chi connectivity index (χ2n) is 2.22. The summed E-state index contributed by atoms with van der Waals surface area (Å²) in [6, 6.07) is 8.03. The average molecular weight is 192 g/mol. The van der Waals surface area contributed by atoms with Crippen molar-refractivity contribution >= 4 is 9.76 Å². The van der Waals surface area contributed by atoms with Crippen molar-refractivity contribution in [3.05, 3.63) is 30.3 Å². The number of benzene rings is 1. The summed E-state index contributed by atoms with van der Waals surface area (Å²) < 4.78 is 39.6. The van der Waals surface area contributed by atoms with Crippen LogP contribution in [0.15, 0.2) is 30.3 Å². The molecule has 12 heavy (non-hydrogen) atoms. The summed E-state index contributed by atoms with van der Waals surface area (Å²) in [5.74, 6) is -3.84. The van der Waals surface area contributed by atoms with E-state index < -0.39 is 15.6 Å². The number of hydrogen-bond donors (Lipinski definition) is 0. The molecule has 5 heteroatoms. The molecule has 0 aliphatic heterocycles. The van der Waals surface area contributed by atoms with Crippen LogP contribution in [0.4, 0.5) is 13.2 Å². The van der Waals surface area contributed by atoms with Crippen LogP contribution in [-0.4, -0.2) is 15.6 Å². The third-order valence-corrected chi connectivity index (χ3v) is 1.95. The summed E-state index contributed by atoms with van der Waals surface area (Å²) in [4.78, 5) is 0. The van der Waals surface area contributed by atoms with Crippen molar-refractivity contribution in [2.75, 3.05) is 0 Å². The van der Waals surface area contributed by atoms with E-state index in [1.165, 1.54) is 12.1 Å². The Hall–Kier alpha value is -0.973. The number of rotatable bonds is 2. The quantitative estimate of drug-likeness (QED) is 0.648. The Bertz CT molecular complexity index is 234. The molecule has 1 rings (SSSR count). The molecule has 0 saturated carbocycles. The van der Waals surface area contributed by atoms with Crippen molar-refractivity contribution in [2.24, 2.45) is 0 Å². The van der Waals surface area contributed by atoms with Gasteiger partial charge in [-0.05, 0) is 12.1 Å². The summed E-state index contributed by atoms with van der Waals surface area (Å²) in [6.07, 6.45) is 0. The van der Waals surface area contributed by atoms with Gasteiger partial charge in [-0.3, -0.25) is 0 Å². The second kappa shape index (κ2) is 3.62. The van der Waals surface area contributed by atoms with Gasteiger partial charge >= 0.3 is 15.6 Å². The van der Waals surface area contributed by atoms with E-state index in [1.54, 1.807) is 18.2 Å². The van der Waals surface area contributed by atoms with Crippen molar-refractivity contribution in [3.8, 4) is 5.75 Å². The normalized spacial score (nSPS) is 12.2. The van der Waals surface area contributed by atoms with Gasteiger partial charge in [0.1, 0.15) is 5.75 Å². The zero-order valence-electron chi connectivity index (χ0n) is 6.14. The number of alkyl halides is 3. The first-order valence-electron chi connectivity index (χ1n) is 3.32. The van der Waals surface area contributed by atoms with Crippen LogP contribution >= 0.6 is 0 Å². The summed E-state index contributed by atoms with van der Waals surface area (Å²) in [6.45, 7) is 0. The molecule has 0 unspecified atom stereocenters. The molecule has 0 bridgehead atoms. The Morgan fingerprint density at radius 3 is 2.17 bits per heavy atom. The Morgan fingerprint density at radius 1 is 1.08 bits per heavy atom. The van der Waals surface area contributed by atoms with E-state index >= 15 is 0 Å². The van der Waals surface area contributed by atoms with Gasteiger partial charge in [-0.25, -0.2) is 0 Å². The van der Waals surface area contributed by atoms with Gasteiger partial charge < -0.3 is 4.43 Å². The molecular formula is C7H7F3OSi. The average Bonchev–Trinajstić information content (AvgIpc) is 2.02. The van der Waals surface area contributed by atoms with Crippen LogP contribution < -0.4 is 4.43 Å². The third-order valence-electron chi connectivity index (χ3n) is 1.15. The maximum Gasteiger partial charge on any atom is 0.394 e. The number of halogens is 3. The zero-order valence-corrected chi connectivity index (χ0v) is 7.55. The Labute approximate surface area is 70.1 Å². The van der Waals surface area contributed by atoms with Crippen molar-refractivity contribution in [1.29, 1.82) is 0 Å². The van der Waals surface area contributed by atoms with Crippen LogP contribution in [0.1, 0.15) is 0 Å². The lowest BCUT2D eigenvalue weighted by Crippen LogP contribution is -2.23. The molecule has 1 aromatic carbocycles. The van der Waals surface area contributed by atoms with Gasteiger partial charge in [-0.2, -0.15) is 13.2 Å². The van der Waals surface area contributed by atoms with Crippen molar-refractivity contribution < 1.29 is 17.6 Å². The van der Waals surface area contributed by atoms with Crippen LogP contribution in [-0.2, 0) is 0 Å². The van der Waals surface area contributed by atoms with Gasteiger partial charge in [-0.15, -0.1) is 0 Å². The standard InChI is InChI=1S/C7H7F3OSi/c8-7(9,10)12-11-6-4-2-1-3-5-6/h1-5H,12H2. The Balaban J connectivity index is 2.44. The smallest absolute Gasteiger partial charge is 0.394 e. The SMILES string of the molecule is FC(F)(F)[SiH2]Oc1ccccc1. The van der Waals surface area contributed by atoms with E-state index in [0.717, 1.165) is 0 Å². The fourth-order valence-electron chi connectivity index (χ4n) is 0.682. The van der Waals surface area contributed by atoms with Crippen LogP contribution in [0.5, 0.6) is 5.75 Å². The Morgan fingerprint density at radius 2 is 1.67 bits per heavy atom. The van der Waals surface area contributed by atoms with Crippen molar-refractivity contribution in [3.63, 3.8) is 0 Å². The van der Waals surface area contributed by atoms with E-state index in [-0.39, 0.29) is 0 Å². The maximum atomic E-state index is 11.7. The summed E-state index contributed by atoms with van der Waals surface area (Å²) in [5, 5.41) is 0. The lowest BCUT2D eigenvalue weighted by molar-refractivity contribution is -0.0546. The summed E-state index contributed by atoms with van der Waals surface area (Å²) in [7, 11) is -2.45. The van der Waals surface area contributed by atoms with Gasteiger partial charge in [0, 0.05) is 0 Å². The molecule has 0 amide bonds. The van der Waals surface area contributed by atoms with E-state index in [2.05, 4.69) is 4.43 Å². The topological polar surface area (TPSA) is 9.23 Å². The van der Waals surface area contributed by atoms with Crippen LogP contribution in [0, 0.1) is 0 Å². The van der Waals surface area contributed by atoms with E-state index in [1.807, 2.05) is 0 Å². The molecule has 0 radical (unpaired) electrons. The first kappa shape index (κ1) is 9.12. The molecule has 0 atom stereocenters. The van der Waals surface area contributed by atoms with E-state index in [0.29, 0.717) is 5.75 Å². The highest BCUT2D eigenvalue weighted by Crippen LogP contribution is 2.15. The molecule has 0 saturated heterocycles. The van der Waals surface area contributed by atoms with Crippen molar-refractivity contribution in [1.82, 2.24) is 0 Å². The largest absolute Gasteiger partial charge is 0.539 e. The molecule has 0 N–H and O–H groups in total. The fraction of sp³-hybridized carbons (Fsp3) is 0.143. The second-order valence-corrected chi connectivity index (χ2v) is 3.60. The van der Waals surface area contributed by atoms with E-state index in [4.69, 9.17) is 0 Å². The molecule has 0 aromatic heterocycles. The van der Waals surface area contributed by atoms with Gasteiger partial charge in [0.15, 0.2) is 0 Å². The molecule has 0 heterocycles.